The molecule has 0 aromatic rings. The average molecular weight is 1010 g/mol. The second-order valence-electron chi connectivity index (χ2n) is 22.2. The van der Waals surface area contributed by atoms with E-state index in [9.17, 15) is 30.3 Å². The van der Waals surface area contributed by atoms with Gasteiger partial charge < -0.3 is 40.3 Å². The lowest BCUT2D eigenvalue weighted by molar-refractivity contribution is -0.302. The van der Waals surface area contributed by atoms with Crippen molar-refractivity contribution in [1.29, 1.82) is 0 Å². The third-order valence-corrected chi connectivity index (χ3v) is 15.4. The lowest BCUT2D eigenvalue weighted by Gasteiger charge is -2.40. The number of aliphatic hydroxyl groups excluding tert-OH is 5. The van der Waals surface area contributed by atoms with Gasteiger partial charge in [-0.15, -0.1) is 0 Å². The summed E-state index contributed by atoms with van der Waals surface area (Å²) in [6, 6.07) is -0.716. The summed E-state index contributed by atoms with van der Waals surface area (Å²) in [6.45, 7) is 3.89. The van der Waals surface area contributed by atoms with Gasteiger partial charge in [-0.3, -0.25) is 4.79 Å². The first-order chi connectivity index (χ1) is 34.8. The summed E-state index contributed by atoms with van der Waals surface area (Å²) in [7, 11) is 0. The molecule has 0 aromatic heterocycles. The summed E-state index contributed by atoms with van der Waals surface area (Å²) in [6.07, 6.45) is 58.2. The molecule has 7 atom stereocenters. The number of carbonyl (C=O) groups is 1. The minimum absolute atomic E-state index is 0.133. The van der Waals surface area contributed by atoms with Crippen LogP contribution in [0.4, 0.5) is 0 Å². The van der Waals surface area contributed by atoms with Crippen LogP contribution >= 0.6 is 0 Å². The molecule has 1 aliphatic heterocycles. The van der Waals surface area contributed by atoms with Crippen LogP contribution in [0.15, 0.2) is 12.2 Å². The molecule has 71 heavy (non-hydrogen) atoms. The summed E-state index contributed by atoms with van der Waals surface area (Å²) < 4.78 is 11.3. The van der Waals surface area contributed by atoms with E-state index >= 15 is 0 Å². The van der Waals surface area contributed by atoms with Crippen molar-refractivity contribution in [3.05, 3.63) is 12.2 Å². The number of aliphatic hydroxyl groups is 5. The van der Waals surface area contributed by atoms with Gasteiger partial charge in [0.1, 0.15) is 24.4 Å². The second-order valence-corrected chi connectivity index (χ2v) is 22.2. The molecule has 9 nitrogen and oxygen atoms in total. The van der Waals surface area contributed by atoms with Crippen LogP contribution in [0.1, 0.15) is 322 Å². The van der Waals surface area contributed by atoms with Crippen LogP contribution in [0, 0.1) is 0 Å². The molecule has 1 rings (SSSR count). The summed E-state index contributed by atoms with van der Waals surface area (Å²) >= 11 is 0. The fourth-order valence-electron chi connectivity index (χ4n) is 10.4. The Morgan fingerprint density at radius 1 is 0.465 bits per heavy atom. The number of hydrogen-bond acceptors (Lipinski definition) is 8. The third-order valence-electron chi connectivity index (χ3n) is 15.4. The minimum atomic E-state index is -1.55. The van der Waals surface area contributed by atoms with Gasteiger partial charge in [0.05, 0.1) is 25.4 Å². The zero-order valence-electron chi connectivity index (χ0n) is 47.0. The van der Waals surface area contributed by atoms with E-state index < -0.39 is 49.5 Å². The van der Waals surface area contributed by atoms with Gasteiger partial charge in [0.2, 0.25) is 5.91 Å². The van der Waals surface area contributed by atoms with Gasteiger partial charge in [0.25, 0.3) is 0 Å². The second kappa shape index (κ2) is 52.4. The number of amides is 1. The van der Waals surface area contributed by atoms with Gasteiger partial charge in [-0.05, 0) is 38.5 Å². The molecule has 0 spiro atoms. The maximum absolute atomic E-state index is 13.1. The fourth-order valence-corrected chi connectivity index (χ4v) is 10.4. The molecule has 1 saturated heterocycles. The molecule has 0 aliphatic carbocycles. The predicted molar refractivity (Wildman–Crippen MR) is 300 cm³/mol. The quantitative estimate of drug-likeness (QED) is 0.0261. The fraction of sp³-hybridized carbons (Fsp3) is 0.952. The number of rotatable bonds is 55. The van der Waals surface area contributed by atoms with Crippen molar-refractivity contribution < 1.29 is 39.8 Å². The van der Waals surface area contributed by atoms with E-state index in [2.05, 4.69) is 31.3 Å². The summed E-state index contributed by atoms with van der Waals surface area (Å²) in [5, 5.41) is 54.8. The summed E-state index contributed by atoms with van der Waals surface area (Å²) in [4.78, 5) is 13.1. The van der Waals surface area contributed by atoms with Gasteiger partial charge in [-0.1, -0.05) is 289 Å². The van der Waals surface area contributed by atoms with E-state index in [1.165, 1.54) is 257 Å². The van der Waals surface area contributed by atoms with E-state index in [4.69, 9.17) is 9.47 Å². The lowest BCUT2D eigenvalue weighted by atomic mass is 9.99. The Balaban J connectivity index is 2.15. The topological polar surface area (TPSA) is 149 Å². The molecule has 1 fully saturated rings. The number of hydrogen-bond donors (Lipinski definition) is 6. The van der Waals surface area contributed by atoms with Crippen LogP contribution in [0.2, 0.25) is 0 Å². The molecular weight excluding hydrogens is 887 g/mol. The monoisotopic (exact) mass is 1010 g/mol. The Bertz CT molecular complexity index is 1120. The highest BCUT2D eigenvalue weighted by atomic mass is 16.7. The molecule has 1 aliphatic rings. The van der Waals surface area contributed by atoms with Crippen molar-refractivity contribution in [1.82, 2.24) is 5.32 Å². The van der Waals surface area contributed by atoms with E-state index in [-0.39, 0.29) is 12.5 Å². The minimum Gasteiger partial charge on any atom is -0.394 e. The third kappa shape index (κ3) is 41.8. The molecular formula is C62H121NO8. The van der Waals surface area contributed by atoms with Crippen LogP contribution in [0.5, 0.6) is 0 Å². The van der Waals surface area contributed by atoms with Crippen molar-refractivity contribution >= 4 is 5.91 Å². The van der Waals surface area contributed by atoms with Gasteiger partial charge in [0.15, 0.2) is 6.29 Å². The molecule has 0 saturated carbocycles. The van der Waals surface area contributed by atoms with Crippen molar-refractivity contribution in [2.75, 3.05) is 13.2 Å². The first-order valence-corrected chi connectivity index (χ1v) is 31.4. The van der Waals surface area contributed by atoms with Crippen LogP contribution in [0.25, 0.3) is 0 Å². The molecule has 422 valence electrons. The van der Waals surface area contributed by atoms with E-state index in [1.807, 2.05) is 0 Å². The number of nitrogens with one attached hydrogen (secondary N) is 1. The van der Waals surface area contributed by atoms with Crippen LogP contribution in [0.3, 0.4) is 0 Å². The molecule has 9 heteroatoms. The predicted octanol–water partition coefficient (Wildman–Crippen LogP) is 16.0. The first-order valence-electron chi connectivity index (χ1n) is 31.4. The first kappa shape index (κ1) is 67.9. The summed E-state index contributed by atoms with van der Waals surface area (Å²) in [5.41, 5.74) is 0. The normalized spacial score (nSPS) is 19.2. The van der Waals surface area contributed by atoms with Crippen molar-refractivity contribution in [2.24, 2.45) is 0 Å². The largest absolute Gasteiger partial charge is 0.394 e. The Morgan fingerprint density at radius 2 is 0.789 bits per heavy atom. The number of ether oxygens (including phenoxy) is 2. The Labute approximate surface area is 439 Å². The Kier molecular flexibility index (Phi) is 50.1. The Morgan fingerprint density at radius 3 is 1.14 bits per heavy atom. The van der Waals surface area contributed by atoms with Crippen molar-refractivity contribution in [3.8, 4) is 0 Å². The maximum Gasteiger partial charge on any atom is 0.220 e. The number of unbranched alkanes of at least 4 members (excludes halogenated alkanes) is 43. The number of carbonyl (C=O) groups excluding carboxylic acids is 1. The van der Waals surface area contributed by atoms with Gasteiger partial charge in [0, 0.05) is 6.42 Å². The van der Waals surface area contributed by atoms with Gasteiger partial charge in [-0.25, -0.2) is 0 Å². The van der Waals surface area contributed by atoms with Crippen LogP contribution in [-0.2, 0) is 14.3 Å². The van der Waals surface area contributed by atoms with Crippen LogP contribution in [-0.4, -0.2) is 87.5 Å². The molecule has 6 N–H and O–H groups in total. The average Bonchev–Trinajstić information content (AvgIpc) is 3.37. The van der Waals surface area contributed by atoms with E-state index in [0.717, 1.165) is 38.5 Å². The van der Waals surface area contributed by atoms with Crippen molar-refractivity contribution in [3.63, 3.8) is 0 Å². The van der Waals surface area contributed by atoms with E-state index in [1.54, 1.807) is 0 Å². The highest BCUT2D eigenvalue weighted by molar-refractivity contribution is 5.76. The van der Waals surface area contributed by atoms with E-state index in [0.29, 0.717) is 12.8 Å². The highest BCUT2D eigenvalue weighted by Gasteiger charge is 2.44. The zero-order valence-corrected chi connectivity index (χ0v) is 47.0. The van der Waals surface area contributed by atoms with Crippen LogP contribution < -0.4 is 5.32 Å². The van der Waals surface area contributed by atoms with Crippen molar-refractivity contribution in [2.45, 2.75) is 365 Å². The molecule has 1 amide bonds. The molecule has 0 bridgehead atoms. The van der Waals surface area contributed by atoms with Gasteiger partial charge >= 0.3 is 0 Å². The molecule has 1 heterocycles. The lowest BCUT2D eigenvalue weighted by Crippen LogP contribution is -2.60. The highest BCUT2D eigenvalue weighted by Crippen LogP contribution is 2.24. The standard InChI is InChI=1S/C62H121NO8/c1-3-5-7-9-11-13-15-17-19-21-23-25-26-27-28-29-30-32-34-36-38-40-42-44-46-48-50-52-58(66)63-55(54-70-62-61(69)60(68)59(67)57(53-64)71-62)56(65)51-49-47-45-43-41-39-37-35-33-31-24-22-20-18-16-14-12-10-8-6-4-2/h21,23,55-57,59-62,64-65,67-69H,3-20,22,24-54H2,1-2H3,(H,63,66)/b23-21-. The SMILES string of the molecule is CCCCCCCCCC/C=C\CCCCCCCCCCCCCCCCCC(=O)NC(COC1OC(CO)C(O)C(O)C1O)C(O)CCCCCCCCCCCCCCCCCCCCCCC. The summed E-state index contributed by atoms with van der Waals surface area (Å²) in [5.74, 6) is -0.137. The zero-order chi connectivity index (χ0) is 51.5. The Hall–Kier alpha value is -1.07. The van der Waals surface area contributed by atoms with Gasteiger partial charge in [-0.2, -0.15) is 0 Å². The smallest absolute Gasteiger partial charge is 0.220 e. The maximum atomic E-state index is 13.1. The molecule has 0 aromatic carbocycles. The molecule has 7 unspecified atom stereocenters. The number of allylic oxidation sites excluding steroid dienone is 2. The molecule has 0 radical (unpaired) electrons.